The van der Waals surface area contributed by atoms with Gasteiger partial charge in [0.25, 0.3) is 0 Å². The Balaban J connectivity index is 2.17. The topological polar surface area (TPSA) is 17.1 Å². The van der Waals surface area contributed by atoms with Crippen LogP contribution in [0.4, 0.5) is 0 Å². The maximum atomic E-state index is 14.8. The highest BCUT2D eigenvalue weighted by molar-refractivity contribution is 7.70. The molecule has 0 saturated heterocycles. The van der Waals surface area contributed by atoms with Crippen molar-refractivity contribution in [1.29, 1.82) is 0 Å². The van der Waals surface area contributed by atoms with Gasteiger partial charge in [-0.25, -0.2) is 0 Å². The minimum absolute atomic E-state index is 0.614. The fourth-order valence-corrected chi connectivity index (χ4v) is 8.22. The highest BCUT2D eigenvalue weighted by Crippen LogP contribution is 2.53. The smallest absolute Gasteiger partial charge is 0.124 e. The Bertz CT molecular complexity index is 998. The Kier molecular flexibility index (Phi) is 6.20. The van der Waals surface area contributed by atoms with Gasteiger partial charge in [-0.2, -0.15) is 0 Å². The lowest BCUT2D eigenvalue weighted by Gasteiger charge is -2.25. The summed E-state index contributed by atoms with van der Waals surface area (Å²) < 4.78 is 14.8. The lowest BCUT2D eigenvalue weighted by atomic mass is 10.0. The van der Waals surface area contributed by atoms with Crippen molar-refractivity contribution in [3.63, 3.8) is 0 Å². The van der Waals surface area contributed by atoms with Crippen LogP contribution in [-0.2, 0) is 16.9 Å². The van der Waals surface area contributed by atoms with Crippen LogP contribution in [0, 0.1) is 48.5 Å². The predicted octanol–water partition coefficient (Wildman–Crippen LogP) is 7.23. The SMILES string of the molecule is Cc1cc(C)c(CP(=O)(Cc2c(C)cc(C)cc2C)c2ccccc2C)c(C)c1. The number of aryl methyl sites for hydroxylation is 7. The third-order valence-corrected chi connectivity index (χ3v) is 9.10. The molecule has 0 spiro atoms. The first-order chi connectivity index (χ1) is 13.6. The van der Waals surface area contributed by atoms with Gasteiger partial charge >= 0.3 is 0 Å². The lowest BCUT2D eigenvalue weighted by Crippen LogP contribution is -2.14. The number of rotatable bonds is 5. The van der Waals surface area contributed by atoms with E-state index < -0.39 is 7.14 Å². The van der Waals surface area contributed by atoms with Crippen LogP contribution in [0.3, 0.4) is 0 Å². The molecule has 0 heterocycles. The molecule has 0 bridgehead atoms. The Hall–Kier alpha value is -2.11. The second kappa shape index (κ2) is 8.33. The van der Waals surface area contributed by atoms with Gasteiger partial charge < -0.3 is 4.57 Å². The van der Waals surface area contributed by atoms with E-state index in [0.29, 0.717) is 12.3 Å². The fourth-order valence-electron chi connectivity index (χ4n) is 4.68. The molecule has 3 aromatic rings. The first-order valence-corrected chi connectivity index (χ1v) is 12.5. The summed E-state index contributed by atoms with van der Waals surface area (Å²) in [6, 6.07) is 17.1. The van der Waals surface area contributed by atoms with Crippen LogP contribution in [0.15, 0.2) is 48.5 Å². The standard InChI is InChI=1S/C27H33OP/c1-18-12-21(4)25(22(5)13-18)16-29(28,27-11-9-8-10-20(27)3)17-26-23(6)14-19(2)15-24(26)7/h8-15H,16-17H2,1-7H3. The normalized spacial score (nSPS) is 11.7. The molecule has 0 fully saturated rings. The summed E-state index contributed by atoms with van der Waals surface area (Å²) in [5.74, 6) is 0. The van der Waals surface area contributed by atoms with E-state index in [-0.39, 0.29) is 0 Å². The van der Waals surface area contributed by atoms with Gasteiger partial charge in [0, 0.05) is 17.6 Å². The van der Waals surface area contributed by atoms with Gasteiger partial charge in [-0.3, -0.25) is 0 Å². The number of benzene rings is 3. The molecule has 0 aromatic heterocycles. The lowest BCUT2D eigenvalue weighted by molar-refractivity contribution is 0.579. The summed E-state index contributed by atoms with van der Waals surface area (Å²) in [4.78, 5) is 0. The molecular formula is C27H33OP. The number of hydrogen-bond donors (Lipinski definition) is 0. The summed E-state index contributed by atoms with van der Waals surface area (Å²) >= 11 is 0. The summed E-state index contributed by atoms with van der Waals surface area (Å²) in [6.45, 7) is 15.0. The van der Waals surface area contributed by atoms with Gasteiger partial charge in [0.2, 0.25) is 0 Å². The van der Waals surface area contributed by atoms with Crippen LogP contribution in [0.25, 0.3) is 0 Å². The first kappa shape index (κ1) is 21.6. The minimum Gasteiger partial charge on any atom is -0.318 e. The fraction of sp³-hybridized carbons (Fsp3) is 0.333. The van der Waals surface area contributed by atoms with E-state index in [2.05, 4.69) is 84.9 Å². The van der Waals surface area contributed by atoms with Crippen molar-refractivity contribution in [3.05, 3.63) is 98.6 Å². The maximum absolute atomic E-state index is 14.8. The average Bonchev–Trinajstić information content (AvgIpc) is 2.62. The summed E-state index contributed by atoms with van der Waals surface area (Å²) in [7, 11) is -2.69. The predicted molar refractivity (Wildman–Crippen MR) is 127 cm³/mol. The van der Waals surface area contributed by atoms with Gasteiger partial charge in [0.05, 0.1) is 0 Å². The zero-order valence-electron chi connectivity index (χ0n) is 18.9. The van der Waals surface area contributed by atoms with Crippen LogP contribution in [0.2, 0.25) is 0 Å². The van der Waals surface area contributed by atoms with Crippen molar-refractivity contribution in [1.82, 2.24) is 0 Å². The first-order valence-electron chi connectivity index (χ1n) is 10.4. The molecule has 3 rings (SSSR count). The van der Waals surface area contributed by atoms with E-state index in [4.69, 9.17) is 0 Å². The summed E-state index contributed by atoms with van der Waals surface area (Å²) in [5, 5.41) is 1.03. The average molecular weight is 405 g/mol. The van der Waals surface area contributed by atoms with Crippen molar-refractivity contribution in [2.75, 3.05) is 0 Å². The maximum Gasteiger partial charge on any atom is 0.124 e. The van der Waals surface area contributed by atoms with E-state index in [1.165, 1.54) is 44.5 Å². The van der Waals surface area contributed by atoms with Gasteiger partial charge in [-0.05, 0) is 87.4 Å². The molecule has 2 heteroatoms. The van der Waals surface area contributed by atoms with Crippen LogP contribution >= 0.6 is 7.14 Å². The van der Waals surface area contributed by atoms with Crippen LogP contribution in [0.5, 0.6) is 0 Å². The quantitative estimate of drug-likeness (QED) is 0.410. The molecule has 0 aliphatic rings. The van der Waals surface area contributed by atoms with Gasteiger partial charge in [-0.1, -0.05) is 59.7 Å². The van der Waals surface area contributed by atoms with E-state index in [9.17, 15) is 4.57 Å². The molecule has 0 unspecified atom stereocenters. The van der Waals surface area contributed by atoms with Gasteiger partial charge in [0.15, 0.2) is 0 Å². The molecule has 0 aliphatic heterocycles. The molecule has 0 atom stereocenters. The molecule has 0 saturated carbocycles. The zero-order chi connectivity index (χ0) is 21.3. The molecular weight excluding hydrogens is 371 g/mol. The van der Waals surface area contributed by atoms with Crippen molar-refractivity contribution in [2.45, 2.75) is 60.8 Å². The summed E-state index contributed by atoms with van der Waals surface area (Å²) in [6.07, 6.45) is 1.23. The van der Waals surface area contributed by atoms with Crippen molar-refractivity contribution < 1.29 is 4.57 Å². The zero-order valence-corrected chi connectivity index (χ0v) is 19.8. The van der Waals surface area contributed by atoms with Gasteiger partial charge in [0.1, 0.15) is 7.14 Å². The van der Waals surface area contributed by atoms with E-state index >= 15 is 0 Å². The largest absolute Gasteiger partial charge is 0.318 e. The van der Waals surface area contributed by atoms with Gasteiger partial charge in [-0.15, -0.1) is 0 Å². The highest BCUT2D eigenvalue weighted by atomic mass is 31.2. The Morgan fingerprint density at radius 3 is 1.34 bits per heavy atom. The second-order valence-electron chi connectivity index (χ2n) is 8.75. The van der Waals surface area contributed by atoms with Crippen LogP contribution < -0.4 is 5.30 Å². The van der Waals surface area contributed by atoms with Crippen LogP contribution in [0.1, 0.15) is 50.1 Å². The highest BCUT2D eigenvalue weighted by Gasteiger charge is 2.30. The third-order valence-electron chi connectivity index (χ3n) is 6.06. The van der Waals surface area contributed by atoms with Crippen LogP contribution in [-0.4, -0.2) is 0 Å². The Morgan fingerprint density at radius 2 is 0.966 bits per heavy atom. The van der Waals surface area contributed by atoms with Crippen molar-refractivity contribution in [3.8, 4) is 0 Å². The molecule has 3 aromatic carbocycles. The van der Waals surface area contributed by atoms with Crippen molar-refractivity contribution in [2.24, 2.45) is 0 Å². The summed E-state index contributed by atoms with van der Waals surface area (Å²) in [5.41, 5.74) is 11.1. The van der Waals surface area contributed by atoms with E-state index in [1.807, 2.05) is 12.1 Å². The molecule has 29 heavy (non-hydrogen) atoms. The molecule has 152 valence electrons. The Labute approximate surface area is 176 Å². The Morgan fingerprint density at radius 1 is 0.586 bits per heavy atom. The molecule has 0 aliphatic carbocycles. The molecule has 1 nitrogen and oxygen atoms in total. The molecule has 0 radical (unpaired) electrons. The number of hydrogen-bond acceptors (Lipinski definition) is 1. The second-order valence-corrected chi connectivity index (χ2v) is 11.6. The molecule has 0 N–H and O–H groups in total. The minimum atomic E-state index is -2.69. The van der Waals surface area contributed by atoms with Crippen molar-refractivity contribution >= 4 is 12.4 Å². The molecule has 0 amide bonds. The third kappa shape index (κ3) is 4.57. The monoisotopic (exact) mass is 404 g/mol. The van der Waals surface area contributed by atoms with E-state index in [1.54, 1.807) is 0 Å². The van der Waals surface area contributed by atoms with E-state index in [0.717, 1.165) is 10.9 Å².